The molecule has 3 N–H and O–H groups in total. The van der Waals surface area contributed by atoms with Crippen molar-refractivity contribution in [3.63, 3.8) is 0 Å². The summed E-state index contributed by atoms with van der Waals surface area (Å²) in [5.74, 6) is 1.43. The van der Waals surface area contributed by atoms with Crippen molar-refractivity contribution in [2.45, 2.75) is 132 Å². The average Bonchev–Trinajstić information content (AvgIpc) is 3.53. The molecule has 10 rings (SSSR count). The zero-order valence-corrected chi connectivity index (χ0v) is 27.2. The zero-order chi connectivity index (χ0) is 30.7. The van der Waals surface area contributed by atoms with Crippen molar-refractivity contribution in [2.24, 2.45) is 23.2 Å². The van der Waals surface area contributed by atoms with E-state index in [1.807, 2.05) is 6.92 Å². The number of aliphatic hydroxyl groups is 2. The first-order valence-electron chi connectivity index (χ1n) is 16.8. The third-order valence-corrected chi connectivity index (χ3v) is 15.4. The molecule has 44 heavy (non-hydrogen) atoms. The van der Waals surface area contributed by atoms with Gasteiger partial charge in [-0.15, -0.1) is 0 Å². The first kappa shape index (κ1) is 27.4. The number of aliphatic hydroxyl groups excluding tert-OH is 1. The Morgan fingerprint density at radius 3 is 2.61 bits per heavy atom. The van der Waals surface area contributed by atoms with E-state index in [1.165, 1.54) is 33.3 Å². The molecular formula is C37H44ClNO5. The average molecular weight is 618 g/mol. The van der Waals surface area contributed by atoms with Crippen LogP contribution in [0.25, 0.3) is 10.9 Å². The largest absolute Gasteiger partial charge is 0.387 e. The molecule has 13 atom stereocenters. The van der Waals surface area contributed by atoms with Crippen LogP contribution in [0.3, 0.4) is 0 Å². The van der Waals surface area contributed by atoms with E-state index in [0.717, 1.165) is 48.2 Å². The van der Waals surface area contributed by atoms with Gasteiger partial charge in [-0.25, -0.2) is 0 Å². The van der Waals surface area contributed by atoms with Crippen LogP contribution in [-0.2, 0) is 26.0 Å². The molecule has 3 saturated carbocycles. The highest BCUT2D eigenvalue weighted by Crippen LogP contribution is 2.77. The molecular weight excluding hydrogens is 574 g/mol. The van der Waals surface area contributed by atoms with Gasteiger partial charge in [-0.2, -0.15) is 0 Å². The van der Waals surface area contributed by atoms with Crippen LogP contribution in [0.4, 0.5) is 0 Å². The minimum atomic E-state index is -1.18. The molecule has 6 nitrogen and oxygen atoms in total. The summed E-state index contributed by atoms with van der Waals surface area (Å²) in [6.07, 6.45) is 2.76. The lowest BCUT2D eigenvalue weighted by atomic mass is 9.40. The second-order valence-electron chi connectivity index (χ2n) is 16.8. The zero-order valence-electron chi connectivity index (χ0n) is 26.4. The summed E-state index contributed by atoms with van der Waals surface area (Å²) >= 11 is 7.11. The van der Waals surface area contributed by atoms with Gasteiger partial charge in [-0.05, 0) is 99.8 Å². The highest BCUT2D eigenvalue weighted by atomic mass is 35.5. The molecule has 5 aliphatic carbocycles. The Morgan fingerprint density at radius 1 is 1.09 bits per heavy atom. The van der Waals surface area contributed by atoms with Crippen LogP contribution in [0, 0.1) is 23.2 Å². The summed E-state index contributed by atoms with van der Waals surface area (Å²) in [6.45, 7) is 19.8. The predicted molar refractivity (Wildman–Crippen MR) is 168 cm³/mol. The van der Waals surface area contributed by atoms with Gasteiger partial charge in [-0.1, -0.05) is 44.2 Å². The minimum absolute atomic E-state index is 0.0809. The van der Waals surface area contributed by atoms with E-state index < -0.39 is 40.3 Å². The quantitative estimate of drug-likeness (QED) is 0.249. The van der Waals surface area contributed by atoms with Gasteiger partial charge in [0.05, 0.1) is 17.8 Å². The number of rotatable bonds is 1. The van der Waals surface area contributed by atoms with Crippen LogP contribution in [0.2, 0.25) is 5.02 Å². The molecule has 3 aliphatic heterocycles. The number of epoxide rings is 1. The van der Waals surface area contributed by atoms with Crippen LogP contribution in [-0.4, -0.2) is 56.4 Å². The highest BCUT2D eigenvalue weighted by Gasteiger charge is 2.86. The van der Waals surface area contributed by atoms with Gasteiger partial charge in [0.25, 0.3) is 0 Å². The minimum Gasteiger partial charge on any atom is -0.387 e. The maximum atomic E-state index is 13.2. The van der Waals surface area contributed by atoms with Crippen molar-refractivity contribution in [2.75, 3.05) is 0 Å². The number of ether oxygens (including phenoxy) is 3. The van der Waals surface area contributed by atoms with Crippen molar-refractivity contribution in [3.05, 3.63) is 57.8 Å². The van der Waals surface area contributed by atoms with Crippen molar-refractivity contribution in [3.8, 4) is 0 Å². The maximum Gasteiger partial charge on any atom is 0.153 e. The van der Waals surface area contributed by atoms with Crippen LogP contribution in [0.1, 0.15) is 101 Å². The second kappa shape index (κ2) is 7.72. The smallest absolute Gasteiger partial charge is 0.153 e. The number of allylic oxidation sites excluding steroid dienone is 1. The van der Waals surface area contributed by atoms with Gasteiger partial charge < -0.3 is 29.4 Å². The fourth-order valence-electron chi connectivity index (χ4n) is 12.7. The SMILES string of the molecule is C=C1Cc2c(Cl)cc3[nH]c4c5c3c2[C@H]2[C@@H]1C[C@@H]2C(C)(C)O[C@H]5[C@@H]1CC[C@@]2(O)[C@@]35O[C@@H]3[C@@H](O)[C@@H](C(=C)C)O[C@H]5CC[C@]2(C)[C@@]41C. The van der Waals surface area contributed by atoms with Gasteiger partial charge in [0.15, 0.2) is 5.60 Å². The predicted octanol–water partition coefficient (Wildman–Crippen LogP) is 6.56. The van der Waals surface area contributed by atoms with Gasteiger partial charge in [0.2, 0.25) is 0 Å². The first-order valence-corrected chi connectivity index (χ1v) is 17.2. The molecule has 0 radical (unpaired) electrons. The Labute approximate surface area is 264 Å². The van der Waals surface area contributed by atoms with Gasteiger partial charge in [0, 0.05) is 43.9 Å². The normalized spacial score (nSPS) is 51.7. The maximum absolute atomic E-state index is 13.2. The number of hydrogen-bond acceptors (Lipinski definition) is 5. The second-order valence-corrected chi connectivity index (χ2v) is 17.2. The molecule has 2 saturated heterocycles. The van der Waals surface area contributed by atoms with E-state index in [4.69, 9.17) is 25.8 Å². The lowest BCUT2D eigenvalue weighted by Gasteiger charge is -2.66. The third-order valence-electron chi connectivity index (χ3n) is 15.1. The molecule has 7 heteroatoms. The van der Waals surface area contributed by atoms with Crippen LogP contribution >= 0.6 is 11.6 Å². The molecule has 2 aromatic rings. The molecule has 1 aromatic carbocycles. The number of benzene rings is 1. The van der Waals surface area contributed by atoms with Crippen LogP contribution in [0.5, 0.6) is 0 Å². The molecule has 8 aliphatic rings. The van der Waals surface area contributed by atoms with E-state index in [0.29, 0.717) is 24.2 Å². The van der Waals surface area contributed by atoms with E-state index in [-0.39, 0.29) is 23.7 Å². The van der Waals surface area contributed by atoms with Gasteiger partial charge >= 0.3 is 0 Å². The molecule has 5 fully saturated rings. The number of H-pyrrole nitrogens is 1. The van der Waals surface area contributed by atoms with E-state index in [1.54, 1.807) is 0 Å². The highest BCUT2D eigenvalue weighted by molar-refractivity contribution is 6.32. The van der Waals surface area contributed by atoms with Gasteiger partial charge in [0.1, 0.15) is 23.9 Å². The number of nitrogens with one attached hydrogen (secondary N) is 1. The molecule has 1 spiro atoms. The van der Waals surface area contributed by atoms with Gasteiger partial charge in [-0.3, -0.25) is 0 Å². The van der Waals surface area contributed by atoms with Crippen LogP contribution < -0.4 is 0 Å². The Balaban J connectivity index is 1.20. The summed E-state index contributed by atoms with van der Waals surface area (Å²) in [5, 5.41) is 26.7. The summed E-state index contributed by atoms with van der Waals surface area (Å²) in [5.41, 5.74) is 4.97. The molecule has 0 unspecified atom stereocenters. The molecule has 234 valence electrons. The Kier molecular flexibility index (Phi) is 4.81. The first-order chi connectivity index (χ1) is 20.7. The number of halogens is 1. The lowest BCUT2D eigenvalue weighted by molar-refractivity contribution is -0.274. The standard InChI is InChI=1S/C37H44ClNO5/c1-15(2)29-28(40)32-37(44-32)23(42-29)9-10-34(6)35(7)19(8-11-36(34,37)41)30-27-26-22(39-31(27)35)14-21(38)18-12-16(3)17-13-20(24(17)25(18)26)33(4,5)43-30/h14,17,19-20,23-24,28-30,32,39-41H,1,3,8-13H2,2,4-7H3/t17-,19+,20+,23+,24+,28+,29-,30+,32-,34-,35-,36+,37+/m1/s1. The Bertz CT molecular complexity index is 1740. The monoisotopic (exact) mass is 617 g/mol. The summed E-state index contributed by atoms with van der Waals surface area (Å²) in [4.78, 5) is 3.96. The van der Waals surface area contributed by atoms with Crippen molar-refractivity contribution >= 4 is 22.5 Å². The molecule has 1 aromatic heterocycles. The fraction of sp³-hybridized carbons (Fsp3) is 0.676. The molecule has 0 amide bonds. The summed E-state index contributed by atoms with van der Waals surface area (Å²) in [7, 11) is 0. The summed E-state index contributed by atoms with van der Waals surface area (Å²) < 4.78 is 20.5. The van der Waals surface area contributed by atoms with Crippen molar-refractivity contribution in [1.29, 1.82) is 0 Å². The Hall–Kier alpha value is -1.67. The van der Waals surface area contributed by atoms with Crippen molar-refractivity contribution in [1.82, 2.24) is 4.98 Å². The Morgan fingerprint density at radius 2 is 1.86 bits per heavy atom. The van der Waals surface area contributed by atoms with Crippen molar-refractivity contribution < 1.29 is 24.4 Å². The molecule has 0 bridgehead atoms. The number of fused-ring (bicyclic) bond motifs is 5. The number of aromatic amines is 1. The van der Waals surface area contributed by atoms with Crippen LogP contribution in [0.15, 0.2) is 30.4 Å². The fourth-order valence-corrected chi connectivity index (χ4v) is 13.0. The number of aromatic nitrogens is 1. The topological polar surface area (TPSA) is 87.2 Å². The van der Waals surface area contributed by atoms with E-state index in [9.17, 15) is 10.2 Å². The molecule has 4 heterocycles. The third kappa shape index (κ3) is 2.59. The van der Waals surface area contributed by atoms with E-state index >= 15 is 0 Å². The van der Waals surface area contributed by atoms with E-state index in [2.05, 4.69) is 51.9 Å². The lowest BCUT2D eigenvalue weighted by Crippen LogP contribution is -2.76. The number of hydrogen-bond donors (Lipinski definition) is 3. The summed E-state index contributed by atoms with van der Waals surface area (Å²) in [6, 6.07) is 2.13.